The first-order valence-corrected chi connectivity index (χ1v) is 9.99. The predicted octanol–water partition coefficient (Wildman–Crippen LogP) is 5.57. The summed E-state index contributed by atoms with van der Waals surface area (Å²) in [4.78, 5) is 23.1. The van der Waals surface area contributed by atoms with Crippen LogP contribution in [0.2, 0.25) is 0 Å². The molecular formula is C22H23FN2O5S. The normalized spacial score (nSPS) is 10.6. The Balaban J connectivity index is 0.000000262. The third-order valence-electron chi connectivity index (χ3n) is 3.69. The highest BCUT2D eigenvalue weighted by atomic mass is 32.1. The molecule has 0 unspecified atom stereocenters. The molecule has 2 aromatic carbocycles. The Kier molecular flexibility index (Phi) is 7.60. The number of hydrogen-bond acceptors (Lipinski definition) is 6. The van der Waals surface area contributed by atoms with Crippen molar-refractivity contribution in [3.8, 4) is 16.2 Å². The molecule has 0 bridgehead atoms. The number of carbonyl (C=O) groups is 2. The molecule has 0 atom stereocenters. The van der Waals surface area contributed by atoms with Gasteiger partial charge in [-0.25, -0.2) is 14.0 Å². The topological polar surface area (TPSA) is 122 Å². The van der Waals surface area contributed by atoms with Crippen molar-refractivity contribution in [3.63, 3.8) is 0 Å². The molecule has 7 nitrogen and oxygen atoms in total. The van der Waals surface area contributed by atoms with E-state index in [0.717, 1.165) is 28.6 Å². The third-order valence-corrected chi connectivity index (χ3v) is 4.61. The standard InChI is InChI=1S/C15H18N2O2S.C7H5FO3/c1-15(2,3)19-14(18)17-12-7-6-10(9-11(12)16)13-5-4-8-20-13;8-5-3-4(7(10)11)1-2-6(5)9/h4-9H,16H2,1-3H3,(H,17,18);1-3,9H,(H,10,11). The van der Waals surface area contributed by atoms with Gasteiger partial charge in [0.2, 0.25) is 0 Å². The van der Waals surface area contributed by atoms with Crippen LogP contribution in [0.4, 0.5) is 20.6 Å². The van der Waals surface area contributed by atoms with Crippen molar-refractivity contribution in [1.29, 1.82) is 0 Å². The lowest BCUT2D eigenvalue weighted by molar-refractivity contribution is 0.0634. The van der Waals surface area contributed by atoms with Gasteiger partial charge in [-0.2, -0.15) is 0 Å². The Bertz CT molecular complexity index is 1060. The lowest BCUT2D eigenvalue weighted by atomic mass is 10.1. The summed E-state index contributed by atoms with van der Waals surface area (Å²) in [5, 5.41) is 21.7. The second-order valence-corrected chi connectivity index (χ2v) is 8.33. The number of carboxylic acid groups (broad SMARTS) is 1. The van der Waals surface area contributed by atoms with Crippen LogP contribution in [0.5, 0.6) is 5.75 Å². The van der Waals surface area contributed by atoms with Crippen molar-refractivity contribution in [1.82, 2.24) is 0 Å². The van der Waals surface area contributed by atoms with Crippen LogP contribution in [0.3, 0.4) is 0 Å². The first kappa shape index (κ1) is 23.7. The number of phenolic OH excluding ortho intramolecular Hbond substituents is 1. The molecule has 0 aliphatic rings. The number of rotatable bonds is 3. The first-order chi connectivity index (χ1) is 14.5. The summed E-state index contributed by atoms with van der Waals surface area (Å²) in [5.41, 5.74) is 7.37. The van der Waals surface area contributed by atoms with E-state index < -0.39 is 29.2 Å². The molecule has 3 rings (SSSR count). The van der Waals surface area contributed by atoms with Crippen molar-refractivity contribution in [2.45, 2.75) is 26.4 Å². The highest BCUT2D eigenvalue weighted by Crippen LogP contribution is 2.30. The fourth-order valence-electron chi connectivity index (χ4n) is 2.33. The number of halogens is 1. The van der Waals surface area contributed by atoms with E-state index in [-0.39, 0.29) is 5.56 Å². The van der Waals surface area contributed by atoms with Crippen molar-refractivity contribution < 1.29 is 28.9 Å². The number of phenols is 1. The van der Waals surface area contributed by atoms with Gasteiger partial charge >= 0.3 is 12.1 Å². The SMILES string of the molecule is CC(C)(C)OC(=O)Nc1ccc(-c2cccs2)cc1N.O=C(O)c1ccc(O)c(F)c1. The lowest BCUT2D eigenvalue weighted by Gasteiger charge is -2.20. The number of ether oxygens (including phenoxy) is 1. The van der Waals surface area contributed by atoms with E-state index in [1.807, 2.05) is 50.4 Å². The van der Waals surface area contributed by atoms with E-state index in [0.29, 0.717) is 11.4 Å². The maximum absolute atomic E-state index is 12.4. The van der Waals surface area contributed by atoms with Crippen LogP contribution in [-0.2, 0) is 4.74 Å². The number of aromatic carboxylic acids is 1. The molecule has 164 valence electrons. The summed E-state index contributed by atoms with van der Waals surface area (Å²) in [5.74, 6) is -2.69. The molecule has 0 saturated heterocycles. The van der Waals surface area contributed by atoms with Crippen LogP contribution < -0.4 is 11.1 Å². The monoisotopic (exact) mass is 446 g/mol. The van der Waals surface area contributed by atoms with E-state index in [2.05, 4.69) is 5.32 Å². The number of hydrogen-bond donors (Lipinski definition) is 4. The number of aromatic hydroxyl groups is 1. The van der Waals surface area contributed by atoms with Gasteiger partial charge in [-0.1, -0.05) is 12.1 Å². The molecule has 31 heavy (non-hydrogen) atoms. The number of thiophene rings is 1. The summed E-state index contributed by atoms with van der Waals surface area (Å²) >= 11 is 1.64. The quantitative estimate of drug-likeness (QED) is 0.390. The fraction of sp³-hybridized carbons (Fsp3) is 0.182. The zero-order chi connectivity index (χ0) is 23.2. The summed E-state index contributed by atoms with van der Waals surface area (Å²) in [6, 6.07) is 12.5. The Morgan fingerprint density at radius 1 is 1.13 bits per heavy atom. The van der Waals surface area contributed by atoms with Crippen molar-refractivity contribution in [2.75, 3.05) is 11.1 Å². The molecule has 0 aliphatic carbocycles. The molecule has 1 aromatic heterocycles. The van der Waals surface area contributed by atoms with Gasteiger partial charge in [-0.15, -0.1) is 11.3 Å². The number of carbonyl (C=O) groups excluding carboxylic acids is 1. The van der Waals surface area contributed by atoms with Gasteiger partial charge in [0.05, 0.1) is 16.9 Å². The van der Waals surface area contributed by atoms with Crippen LogP contribution in [0, 0.1) is 5.82 Å². The summed E-state index contributed by atoms with van der Waals surface area (Å²) < 4.78 is 17.6. The van der Waals surface area contributed by atoms with Gasteiger partial charge < -0.3 is 20.7 Å². The van der Waals surface area contributed by atoms with Crippen LogP contribution in [-0.4, -0.2) is 27.9 Å². The molecule has 3 aromatic rings. The minimum atomic E-state index is -1.22. The Hall–Kier alpha value is -3.59. The predicted molar refractivity (Wildman–Crippen MR) is 119 cm³/mol. The van der Waals surface area contributed by atoms with Crippen LogP contribution >= 0.6 is 11.3 Å². The molecule has 0 radical (unpaired) electrons. The fourth-order valence-corrected chi connectivity index (χ4v) is 3.05. The van der Waals surface area contributed by atoms with Gasteiger partial charge in [-0.3, -0.25) is 5.32 Å². The Morgan fingerprint density at radius 3 is 2.35 bits per heavy atom. The highest BCUT2D eigenvalue weighted by Gasteiger charge is 2.17. The molecule has 5 N–H and O–H groups in total. The second kappa shape index (κ2) is 9.94. The van der Waals surface area contributed by atoms with Gasteiger partial charge in [0, 0.05) is 4.88 Å². The summed E-state index contributed by atoms with van der Waals surface area (Å²) in [7, 11) is 0. The zero-order valence-corrected chi connectivity index (χ0v) is 18.0. The molecule has 1 heterocycles. The van der Waals surface area contributed by atoms with Crippen molar-refractivity contribution >= 4 is 34.8 Å². The molecule has 1 amide bonds. The molecule has 0 aliphatic heterocycles. The van der Waals surface area contributed by atoms with E-state index >= 15 is 0 Å². The number of carboxylic acids is 1. The van der Waals surface area contributed by atoms with Gasteiger partial charge in [-0.05, 0) is 68.1 Å². The van der Waals surface area contributed by atoms with Gasteiger partial charge in [0.1, 0.15) is 5.60 Å². The smallest absolute Gasteiger partial charge is 0.412 e. The van der Waals surface area contributed by atoms with E-state index in [1.165, 1.54) is 0 Å². The number of amides is 1. The van der Waals surface area contributed by atoms with Gasteiger partial charge in [0.25, 0.3) is 0 Å². The minimum absolute atomic E-state index is 0.180. The Morgan fingerprint density at radius 2 is 1.84 bits per heavy atom. The zero-order valence-electron chi connectivity index (χ0n) is 17.2. The molecule has 9 heteroatoms. The highest BCUT2D eigenvalue weighted by molar-refractivity contribution is 7.13. The first-order valence-electron chi connectivity index (χ1n) is 9.11. The lowest BCUT2D eigenvalue weighted by Crippen LogP contribution is -2.27. The molecular weight excluding hydrogens is 423 g/mol. The number of benzene rings is 2. The number of anilines is 2. The third kappa shape index (κ3) is 7.31. The van der Waals surface area contributed by atoms with Crippen LogP contribution in [0.1, 0.15) is 31.1 Å². The average Bonchev–Trinajstić information content (AvgIpc) is 3.19. The average molecular weight is 447 g/mol. The maximum Gasteiger partial charge on any atom is 0.412 e. The maximum atomic E-state index is 12.4. The number of nitrogen functional groups attached to an aromatic ring is 1. The minimum Gasteiger partial charge on any atom is -0.505 e. The van der Waals surface area contributed by atoms with E-state index in [4.69, 9.17) is 20.7 Å². The summed E-state index contributed by atoms with van der Waals surface area (Å²) in [6.07, 6.45) is -0.506. The Labute approximate surface area is 182 Å². The van der Waals surface area contributed by atoms with E-state index in [9.17, 15) is 14.0 Å². The molecule has 0 fully saturated rings. The number of nitrogens with one attached hydrogen (secondary N) is 1. The van der Waals surface area contributed by atoms with Crippen LogP contribution in [0.25, 0.3) is 10.4 Å². The second-order valence-electron chi connectivity index (χ2n) is 7.38. The summed E-state index contributed by atoms with van der Waals surface area (Å²) in [6.45, 7) is 5.45. The molecule has 0 saturated carbocycles. The van der Waals surface area contributed by atoms with Crippen molar-refractivity contribution in [2.24, 2.45) is 0 Å². The van der Waals surface area contributed by atoms with Crippen molar-refractivity contribution in [3.05, 3.63) is 65.3 Å². The molecule has 0 spiro atoms. The van der Waals surface area contributed by atoms with Gasteiger partial charge in [0.15, 0.2) is 11.6 Å². The van der Waals surface area contributed by atoms with E-state index in [1.54, 1.807) is 17.4 Å². The number of nitrogens with two attached hydrogens (primary N) is 1. The van der Waals surface area contributed by atoms with Crippen LogP contribution in [0.15, 0.2) is 53.9 Å². The largest absolute Gasteiger partial charge is 0.505 e.